The summed E-state index contributed by atoms with van der Waals surface area (Å²) in [4.78, 5) is 11.7. The highest BCUT2D eigenvalue weighted by atomic mass is 32.2. The summed E-state index contributed by atoms with van der Waals surface area (Å²) in [6.45, 7) is 4.50. The molecule has 0 aromatic carbocycles. The number of hydrogen-bond donors (Lipinski definition) is 3. The van der Waals surface area contributed by atoms with Crippen molar-refractivity contribution in [1.29, 1.82) is 0 Å². The van der Waals surface area contributed by atoms with E-state index in [-0.39, 0.29) is 28.4 Å². The monoisotopic (exact) mass is 389 g/mol. The van der Waals surface area contributed by atoms with Crippen LogP contribution in [-0.2, 0) is 14.8 Å². The van der Waals surface area contributed by atoms with Gasteiger partial charge in [-0.3, -0.25) is 4.79 Å². The lowest BCUT2D eigenvalue weighted by Crippen LogP contribution is -2.52. The third-order valence-corrected chi connectivity index (χ3v) is 8.17. The lowest BCUT2D eigenvalue weighted by molar-refractivity contribution is 0.00645. The molecule has 1 aromatic rings. The van der Waals surface area contributed by atoms with E-state index in [1.54, 1.807) is 13.8 Å². The molecule has 2 aliphatic rings. The first-order valence-corrected chi connectivity index (χ1v) is 10.4. The predicted octanol–water partition coefficient (Wildman–Crippen LogP) is 0.582. The van der Waals surface area contributed by atoms with Gasteiger partial charge in [0.25, 0.3) is 15.9 Å². The average Bonchev–Trinajstić information content (AvgIpc) is 3.09. The molecule has 4 N–H and O–H groups in total. The molecular weight excluding hydrogens is 366 g/mol. The van der Waals surface area contributed by atoms with Crippen molar-refractivity contribution in [3.8, 4) is 0 Å². The van der Waals surface area contributed by atoms with Gasteiger partial charge in [0.1, 0.15) is 9.21 Å². The standard InChI is InChI=1S/C15H23N3O5S2/c1-9-6-23-7-10(2)18(9)25(21,22)12-5-11(13(16)19)14(24-12)17-8-15(20)3-4-15/h5,9-10,17,20H,3-4,6-8H2,1-2H3,(H2,16,19). The summed E-state index contributed by atoms with van der Waals surface area (Å²) < 4.78 is 33.0. The second-order valence-corrected chi connectivity index (χ2v) is 9.94. The second kappa shape index (κ2) is 6.51. The smallest absolute Gasteiger partial charge is 0.253 e. The SMILES string of the molecule is CC1COCC(C)N1S(=O)(=O)c1cc(C(N)=O)c(NCC2(O)CC2)s1. The van der Waals surface area contributed by atoms with Gasteiger partial charge in [-0.05, 0) is 32.8 Å². The van der Waals surface area contributed by atoms with Crippen LogP contribution in [0.2, 0.25) is 0 Å². The predicted molar refractivity (Wildman–Crippen MR) is 94.3 cm³/mol. The zero-order valence-electron chi connectivity index (χ0n) is 14.2. The molecule has 8 nitrogen and oxygen atoms in total. The van der Waals surface area contributed by atoms with Crippen LogP contribution in [0.1, 0.15) is 37.0 Å². The molecule has 2 atom stereocenters. The summed E-state index contributed by atoms with van der Waals surface area (Å²) in [5.41, 5.74) is 4.75. The van der Waals surface area contributed by atoms with Crippen LogP contribution in [0, 0.1) is 0 Å². The largest absolute Gasteiger partial charge is 0.388 e. The maximum Gasteiger partial charge on any atom is 0.253 e. The number of thiophene rings is 1. The van der Waals surface area contributed by atoms with Gasteiger partial charge in [-0.2, -0.15) is 4.31 Å². The minimum Gasteiger partial charge on any atom is -0.388 e. The molecule has 1 aromatic heterocycles. The molecule has 0 spiro atoms. The summed E-state index contributed by atoms with van der Waals surface area (Å²) >= 11 is 0.967. The van der Waals surface area contributed by atoms with Crippen molar-refractivity contribution in [2.75, 3.05) is 25.1 Å². The topological polar surface area (TPSA) is 122 Å². The van der Waals surface area contributed by atoms with Crippen LogP contribution in [-0.4, -0.2) is 61.2 Å². The van der Waals surface area contributed by atoms with Crippen LogP contribution in [0.4, 0.5) is 5.00 Å². The van der Waals surface area contributed by atoms with Crippen LogP contribution >= 0.6 is 11.3 Å². The molecular formula is C15H23N3O5S2. The Labute approximate surface area is 151 Å². The molecule has 0 bridgehead atoms. The number of anilines is 1. The van der Waals surface area contributed by atoms with Crippen molar-refractivity contribution >= 4 is 32.3 Å². The number of carbonyl (C=O) groups excluding carboxylic acids is 1. The van der Waals surface area contributed by atoms with Crippen LogP contribution in [0.25, 0.3) is 0 Å². The number of morpholine rings is 1. The summed E-state index contributed by atoms with van der Waals surface area (Å²) in [5.74, 6) is -0.703. The third-order valence-electron chi connectivity index (χ3n) is 4.50. The summed E-state index contributed by atoms with van der Waals surface area (Å²) in [6, 6.07) is 0.726. The number of nitrogens with two attached hydrogens (primary N) is 1. The molecule has 140 valence electrons. The number of carbonyl (C=O) groups is 1. The number of aliphatic hydroxyl groups is 1. The first-order chi connectivity index (χ1) is 11.6. The average molecular weight is 389 g/mol. The number of primary amides is 1. The van der Waals surface area contributed by atoms with E-state index < -0.39 is 21.5 Å². The van der Waals surface area contributed by atoms with Gasteiger partial charge in [0.05, 0.1) is 24.4 Å². The highest BCUT2D eigenvalue weighted by molar-refractivity contribution is 7.91. The number of nitrogens with zero attached hydrogens (tertiary/aromatic N) is 1. The Morgan fingerprint density at radius 3 is 2.56 bits per heavy atom. The number of rotatable bonds is 6. The van der Waals surface area contributed by atoms with Gasteiger partial charge in [-0.1, -0.05) is 0 Å². The highest BCUT2D eigenvalue weighted by Gasteiger charge is 2.41. The van der Waals surface area contributed by atoms with Gasteiger partial charge in [0.15, 0.2) is 0 Å². The van der Waals surface area contributed by atoms with E-state index in [0.29, 0.717) is 31.1 Å². The van der Waals surface area contributed by atoms with Gasteiger partial charge >= 0.3 is 0 Å². The van der Waals surface area contributed by atoms with E-state index >= 15 is 0 Å². The highest BCUT2D eigenvalue weighted by Crippen LogP contribution is 2.38. The fourth-order valence-corrected chi connectivity index (χ4v) is 6.21. The van der Waals surface area contributed by atoms with Gasteiger partial charge < -0.3 is 20.9 Å². The van der Waals surface area contributed by atoms with Crippen LogP contribution in [0.5, 0.6) is 0 Å². The number of sulfonamides is 1. The quantitative estimate of drug-likeness (QED) is 0.654. The molecule has 1 aliphatic carbocycles. The summed E-state index contributed by atoms with van der Waals surface area (Å²) in [5, 5.41) is 13.3. The first kappa shape index (κ1) is 18.6. The number of nitrogens with one attached hydrogen (secondary N) is 1. The second-order valence-electron chi connectivity index (χ2n) is 6.82. The lowest BCUT2D eigenvalue weighted by atomic mass is 10.2. The fourth-order valence-electron chi connectivity index (χ4n) is 2.94. The summed E-state index contributed by atoms with van der Waals surface area (Å²) in [6.07, 6.45) is 1.37. The van der Waals surface area contributed by atoms with Crippen molar-refractivity contribution in [3.63, 3.8) is 0 Å². The Kier molecular flexibility index (Phi) is 4.84. The zero-order valence-corrected chi connectivity index (χ0v) is 15.8. The van der Waals surface area contributed by atoms with E-state index in [1.165, 1.54) is 10.4 Å². The van der Waals surface area contributed by atoms with Crippen LogP contribution in [0.15, 0.2) is 10.3 Å². The van der Waals surface area contributed by atoms with Gasteiger partial charge in [0.2, 0.25) is 0 Å². The first-order valence-electron chi connectivity index (χ1n) is 8.15. The number of hydrogen-bond acceptors (Lipinski definition) is 7. The fraction of sp³-hybridized carbons (Fsp3) is 0.667. The van der Waals surface area contributed by atoms with Crippen molar-refractivity contribution in [2.45, 2.75) is 48.6 Å². The third kappa shape index (κ3) is 3.68. The van der Waals surface area contributed by atoms with E-state index in [1.807, 2.05) is 0 Å². The van der Waals surface area contributed by atoms with Gasteiger partial charge in [-0.15, -0.1) is 11.3 Å². The molecule has 3 rings (SSSR count). The molecule has 25 heavy (non-hydrogen) atoms. The van der Waals surface area contributed by atoms with E-state index in [0.717, 1.165) is 11.3 Å². The molecule has 1 amide bonds. The summed E-state index contributed by atoms with van der Waals surface area (Å²) in [7, 11) is -3.77. The number of ether oxygens (including phenoxy) is 1. The molecule has 10 heteroatoms. The van der Waals surface area contributed by atoms with E-state index in [9.17, 15) is 18.3 Å². The van der Waals surface area contributed by atoms with Crippen molar-refractivity contribution in [2.24, 2.45) is 5.73 Å². The van der Waals surface area contributed by atoms with Crippen molar-refractivity contribution < 1.29 is 23.1 Å². The lowest BCUT2D eigenvalue weighted by Gasteiger charge is -2.37. The molecule has 1 aliphatic heterocycles. The van der Waals surface area contributed by atoms with Gasteiger partial charge in [0, 0.05) is 18.6 Å². The maximum atomic E-state index is 13.1. The minimum absolute atomic E-state index is 0.0622. The minimum atomic E-state index is -3.77. The van der Waals surface area contributed by atoms with Crippen molar-refractivity contribution in [3.05, 3.63) is 11.6 Å². The molecule has 0 radical (unpaired) electrons. The Morgan fingerprint density at radius 1 is 1.44 bits per heavy atom. The van der Waals surface area contributed by atoms with Gasteiger partial charge in [-0.25, -0.2) is 8.42 Å². The molecule has 1 saturated heterocycles. The van der Waals surface area contributed by atoms with E-state index in [4.69, 9.17) is 10.5 Å². The maximum absolute atomic E-state index is 13.1. The van der Waals surface area contributed by atoms with Crippen molar-refractivity contribution in [1.82, 2.24) is 4.31 Å². The zero-order chi connectivity index (χ0) is 18.4. The Bertz CT molecular complexity index is 762. The van der Waals surface area contributed by atoms with E-state index in [2.05, 4.69) is 5.32 Å². The Balaban J connectivity index is 1.91. The van der Waals surface area contributed by atoms with Crippen LogP contribution in [0.3, 0.4) is 0 Å². The molecule has 2 heterocycles. The Hall–Kier alpha value is -1.20. The number of amides is 1. The molecule has 2 unspecified atom stereocenters. The van der Waals surface area contributed by atoms with Crippen LogP contribution < -0.4 is 11.1 Å². The molecule has 2 fully saturated rings. The normalized spacial score (nSPS) is 26.4. The Morgan fingerprint density at radius 2 is 2.04 bits per heavy atom. The molecule has 1 saturated carbocycles.